The third-order valence-corrected chi connectivity index (χ3v) is 2.76. The van der Waals surface area contributed by atoms with Crippen LogP contribution in [0.2, 0.25) is 0 Å². The Morgan fingerprint density at radius 3 is 2.28 bits per heavy atom. The van der Waals surface area contributed by atoms with Crippen molar-refractivity contribution >= 4 is 5.91 Å². The van der Waals surface area contributed by atoms with Crippen molar-refractivity contribution in [1.82, 2.24) is 5.32 Å². The van der Waals surface area contributed by atoms with Crippen molar-refractivity contribution in [3.8, 4) is 5.75 Å². The smallest absolute Gasteiger partial charge is 0.224 e. The van der Waals surface area contributed by atoms with E-state index >= 15 is 0 Å². The number of methoxy groups -OCH3 is 1. The summed E-state index contributed by atoms with van der Waals surface area (Å²) in [5.41, 5.74) is 3.08. The molecule has 0 saturated heterocycles. The first-order chi connectivity index (χ1) is 8.23. The zero-order valence-electron chi connectivity index (χ0n) is 12.2. The third-order valence-electron chi connectivity index (χ3n) is 2.76. The number of ether oxygens (including phenoxy) is 1. The van der Waals surface area contributed by atoms with Gasteiger partial charge in [0.2, 0.25) is 5.91 Å². The Hall–Kier alpha value is -1.51. The molecule has 0 bridgehead atoms. The summed E-state index contributed by atoms with van der Waals surface area (Å²) in [5, 5.41) is 2.96. The Kier molecular flexibility index (Phi) is 4.38. The van der Waals surface area contributed by atoms with Crippen LogP contribution in [0.25, 0.3) is 0 Å². The second kappa shape index (κ2) is 5.42. The quantitative estimate of drug-likeness (QED) is 0.894. The molecule has 0 aliphatic heterocycles. The molecule has 3 heteroatoms. The summed E-state index contributed by atoms with van der Waals surface area (Å²) in [6.45, 7) is 10.0. The van der Waals surface area contributed by atoms with Crippen LogP contribution in [0.1, 0.15) is 37.5 Å². The fraction of sp³-hybridized carbons (Fsp3) is 0.533. The van der Waals surface area contributed by atoms with Gasteiger partial charge in [0.1, 0.15) is 5.75 Å². The van der Waals surface area contributed by atoms with E-state index in [0.29, 0.717) is 6.42 Å². The molecule has 1 rings (SSSR count). The maximum atomic E-state index is 11.9. The lowest BCUT2D eigenvalue weighted by Crippen LogP contribution is -2.41. The standard InChI is InChI=1S/C15H23NO2/c1-10-7-12(13(18-6)8-11(10)2)9-14(17)16-15(3,4)5/h7-8H,9H2,1-6H3,(H,16,17). The van der Waals surface area contributed by atoms with Crippen LogP contribution in [-0.2, 0) is 11.2 Å². The largest absolute Gasteiger partial charge is 0.496 e. The van der Waals surface area contributed by atoms with E-state index in [9.17, 15) is 4.79 Å². The summed E-state index contributed by atoms with van der Waals surface area (Å²) < 4.78 is 5.33. The maximum Gasteiger partial charge on any atom is 0.224 e. The van der Waals surface area contributed by atoms with Crippen molar-refractivity contribution in [2.45, 2.75) is 46.6 Å². The maximum absolute atomic E-state index is 11.9. The molecule has 0 aliphatic carbocycles. The monoisotopic (exact) mass is 249 g/mol. The fourth-order valence-corrected chi connectivity index (χ4v) is 1.81. The first-order valence-corrected chi connectivity index (χ1v) is 6.18. The van der Waals surface area contributed by atoms with Gasteiger partial charge in [-0.2, -0.15) is 0 Å². The van der Waals surface area contributed by atoms with Crippen LogP contribution in [0.5, 0.6) is 5.75 Å². The molecule has 0 unspecified atom stereocenters. The van der Waals surface area contributed by atoms with Gasteiger partial charge in [-0.3, -0.25) is 4.79 Å². The highest BCUT2D eigenvalue weighted by Crippen LogP contribution is 2.23. The van der Waals surface area contributed by atoms with Crippen LogP contribution < -0.4 is 10.1 Å². The zero-order valence-corrected chi connectivity index (χ0v) is 12.2. The van der Waals surface area contributed by atoms with Gasteiger partial charge in [-0.15, -0.1) is 0 Å². The van der Waals surface area contributed by atoms with Crippen molar-refractivity contribution in [1.29, 1.82) is 0 Å². The molecule has 0 saturated carbocycles. The van der Waals surface area contributed by atoms with Crippen LogP contribution in [-0.4, -0.2) is 18.6 Å². The molecule has 1 aromatic rings. The van der Waals surface area contributed by atoms with E-state index in [-0.39, 0.29) is 11.4 Å². The highest BCUT2D eigenvalue weighted by molar-refractivity contribution is 5.80. The molecule has 0 aromatic heterocycles. The van der Waals surface area contributed by atoms with Crippen molar-refractivity contribution in [3.05, 3.63) is 28.8 Å². The molecule has 0 spiro atoms. The first kappa shape index (κ1) is 14.6. The van der Waals surface area contributed by atoms with Crippen LogP contribution >= 0.6 is 0 Å². The van der Waals surface area contributed by atoms with E-state index in [4.69, 9.17) is 4.74 Å². The van der Waals surface area contributed by atoms with E-state index in [2.05, 4.69) is 5.32 Å². The number of nitrogens with one attached hydrogen (secondary N) is 1. The van der Waals surface area contributed by atoms with E-state index in [1.807, 2.05) is 46.8 Å². The van der Waals surface area contributed by atoms with Gasteiger partial charge in [0.15, 0.2) is 0 Å². The zero-order chi connectivity index (χ0) is 13.9. The van der Waals surface area contributed by atoms with Crippen molar-refractivity contribution in [2.75, 3.05) is 7.11 Å². The van der Waals surface area contributed by atoms with Crippen molar-refractivity contribution in [3.63, 3.8) is 0 Å². The van der Waals surface area contributed by atoms with Gasteiger partial charge >= 0.3 is 0 Å². The molecule has 1 N–H and O–H groups in total. The van der Waals surface area contributed by atoms with E-state index in [1.54, 1.807) is 7.11 Å². The summed E-state index contributed by atoms with van der Waals surface area (Å²) >= 11 is 0. The lowest BCUT2D eigenvalue weighted by molar-refractivity contribution is -0.121. The molecule has 18 heavy (non-hydrogen) atoms. The summed E-state index contributed by atoms with van der Waals surface area (Å²) in [5.74, 6) is 0.797. The lowest BCUT2D eigenvalue weighted by atomic mass is 10.0. The van der Waals surface area contributed by atoms with Crippen LogP contribution in [0.15, 0.2) is 12.1 Å². The number of carbonyl (C=O) groups is 1. The van der Waals surface area contributed by atoms with Gasteiger partial charge in [-0.05, 0) is 51.8 Å². The van der Waals surface area contributed by atoms with Gasteiger partial charge in [-0.25, -0.2) is 0 Å². The third kappa shape index (κ3) is 4.06. The summed E-state index contributed by atoms with van der Waals surface area (Å²) in [6.07, 6.45) is 0.349. The second-order valence-corrected chi connectivity index (χ2v) is 5.72. The Balaban J connectivity index is 2.90. The second-order valence-electron chi connectivity index (χ2n) is 5.72. The van der Waals surface area contributed by atoms with Gasteiger partial charge in [0.05, 0.1) is 13.5 Å². The molecule has 0 aliphatic rings. The molecular formula is C15H23NO2. The lowest BCUT2D eigenvalue weighted by Gasteiger charge is -2.21. The summed E-state index contributed by atoms with van der Waals surface area (Å²) in [7, 11) is 1.63. The number of hydrogen-bond donors (Lipinski definition) is 1. The van der Waals surface area contributed by atoms with Gasteiger partial charge in [-0.1, -0.05) is 6.07 Å². The van der Waals surface area contributed by atoms with Gasteiger partial charge in [0.25, 0.3) is 0 Å². The van der Waals surface area contributed by atoms with Crippen molar-refractivity contribution < 1.29 is 9.53 Å². The van der Waals surface area contributed by atoms with Crippen LogP contribution in [0, 0.1) is 13.8 Å². The van der Waals surface area contributed by atoms with E-state index in [1.165, 1.54) is 11.1 Å². The fourth-order valence-electron chi connectivity index (χ4n) is 1.81. The average molecular weight is 249 g/mol. The Labute approximate surface area is 110 Å². The molecule has 1 amide bonds. The molecule has 3 nitrogen and oxygen atoms in total. The van der Waals surface area contributed by atoms with Crippen molar-refractivity contribution in [2.24, 2.45) is 0 Å². The molecular weight excluding hydrogens is 226 g/mol. The van der Waals surface area contributed by atoms with Gasteiger partial charge < -0.3 is 10.1 Å². The molecule has 0 fully saturated rings. The Bertz CT molecular complexity index is 445. The number of amides is 1. The number of benzene rings is 1. The average Bonchev–Trinajstić information content (AvgIpc) is 2.20. The highest BCUT2D eigenvalue weighted by Gasteiger charge is 2.16. The van der Waals surface area contributed by atoms with Gasteiger partial charge in [0, 0.05) is 11.1 Å². The Morgan fingerprint density at radius 2 is 1.78 bits per heavy atom. The first-order valence-electron chi connectivity index (χ1n) is 6.18. The SMILES string of the molecule is COc1cc(C)c(C)cc1CC(=O)NC(C)(C)C. The van der Waals surface area contributed by atoms with Crippen LogP contribution in [0.3, 0.4) is 0 Å². The predicted molar refractivity (Wildman–Crippen MR) is 74.1 cm³/mol. The molecule has 0 radical (unpaired) electrons. The normalized spacial score (nSPS) is 11.2. The Morgan fingerprint density at radius 1 is 1.22 bits per heavy atom. The minimum absolute atomic E-state index is 0.0176. The molecule has 100 valence electrons. The minimum atomic E-state index is -0.204. The van der Waals surface area contributed by atoms with E-state index in [0.717, 1.165) is 11.3 Å². The number of rotatable bonds is 3. The predicted octanol–water partition coefficient (Wildman–Crippen LogP) is 2.77. The number of aryl methyl sites for hydroxylation is 2. The highest BCUT2D eigenvalue weighted by atomic mass is 16.5. The molecule has 0 atom stereocenters. The minimum Gasteiger partial charge on any atom is -0.496 e. The number of hydrogen-bond acceptors (Lipinski definition) is 2. The van der Waals surface area contributed by atoms with Crippen LogP contribution in [0.4, 0.5) is 0 Å². The summed E-state index contributed by atoms with van der Waals surface area (Å²) in [6, 6.07) is 4.01. The summed E-state index contributed by atoms with van der Waals surface area (Å²) in [4.78, 5) is 11.9. The topological polar surface area (TPSA) is 38.3 Å². The van der Waals surface area contributed by atoms with E-state index < -0.39 is 0 Å². The molecule has 1 aromatic carbocycles. The molecule has 0 heterocycles. The number of carbonyl (C=O) groups excluding carboxylic acids is 1.